The third-order valence-corrected chi connectivity index (χ3v) is 6.98. The number of rotatable bonds is 5. The quantitative estimate of drug-likeness (QED) is 0.461. The minimum Gasteiger partial charge on any atom is -0.378 e. The van der Waals surface area contributed by atoms with Gasteiger partial charge < -0.3 is 10.2 Å². The van der Waals surface area contributed by atoms with Crippen LogP contribution in [0.1, 0.15) is 43.2 Å². The molecule has 174 valence electrons. The molecule has 0 radical (unpaired) electrons. The topological polar surface area (TPSA) is 53.9 Å². The Balaban J connectivity index is 1.56. The van der Waals surface area contributed by atoms with Crippen molar-refractivity contribution in [3.63, 3.8) is 0 Å². The van der Waals surface area contributed by atoms with Crippen LogP contribution in [0.5, 0.6) is 0 Å². The second-order valence-corrected chi connectivity index (χ2v) is 9.89. The number of benzene rings is 1. The average molecular weight is 472 g/mol. The largest absolute Gasteiger partial charge is 0.378 e. The van der Waals surface area contributed by atoms with Crippen molar-refractivity contribution in [2.45, 2.75) is 45.1 Å². The summed E-state index contributed by atoms with van der Waals surface area (Å²) >= 11 is 6.35. The van der Waals surface area contributed by atoms with E-state index in [1.54, 1.807) is 11.8 Å². The number of halogens is 1. The molecular formula is C28H30ClN5. The van der Waals surface area contributed by atoms with Crippen molar-refractivity contribution in [2.24, 2.45) is 0 Å². The van der Waals surface area contributed by atoms with Crippen LogP contribution in [0.4, 0.5) is 5.69 Å². The number of aryl methyl sites for hydroxylation is 1. The number of nitrogens with one attached hydrogen (secondary N) is 1. The molecule has 34 heavy (non-hydrogen) atoms. The molecule has 2 aromatic heterocycles. The summed E-state index contributed by atoms with van der Waals surface area (Å²) in [5, 5.41) is 13.3. The van der Waals surface area contributed by atoms with Crippen LogP contribution in [-0.4, -0.2) is 35.3 Å². The number of aromatic nitrogens is 3. The lowest BCUT2D eigenvalue weighted by atomic mass is 9.82. The molecule has 2 aliphatic rings. The fourth-order valence-electron chi connectivity index (χ4n) is 5.24. The lowest BCUT2D eigenvalue weighted by molar-refractivity contribution is 0.543. The molecule has 0 saturated heterocycles. The number of nitrogens with zero attached hydrogens (tertiary/aromatic N) is 4. The van der Waals surface area contributed by atoms with Crippen molar-refractivity contribution in [3.05, 3.63) is 76.6 Å². The Hall–Kier alpha value is -3.18. The average Bonchev–Trinajstić information content (AvgIpc) is 2.82. The first-order chi connectivity index (χ1) is 16.4. The highest BCUT2D eigenvalue weighted by atomic mass is 35.5. The normalized spacial score (nSPS) is 17.6. The molecule has 5 nitrogen and oxygen atoms in total. The van der Waals surface area contributed by atoms with Crippen molar-refractivity contribution < 1.29 is 0 Å². The van der Waals surface area contributed by atoms with Gasteiger partial charge in [-0.05, 0) is 67.9 Å². The Labute approximate surface area is 206 Å². The van der Waals surface area contributed by atoms with E-state index in [1.165, 1.54) is 24.8 Å². The summed E-state index contributed by atoms with van der Waals surface area (Å²) in [5.74, 6) is 0. The van der Waals surface area contributed by atoms with Crippen molar-refractivity contribution in [1.82, 2.24) is 20.5 Å². The number of hydrogen-bond acceptors (Lipinski definition) is 5. The molecule has 0 bridgehead atoms. The number of hydrogen-bond donors (Lipinski definition) is 1. The summed E-state index contributed by atoms with van der Waals surface area (Å²) in [7, 11) is 4.04. The Kier molecular flexibility index (Phi) is 6.13. The van der Waals surface area contributed by atoms with E-state index >= 15 is 0 Å². The maximum atomic E-state index is 6.35. The fourth-order valence-corrected chi connectivity index (χ4v) is 5.53. The minimum atomic E-state index is 0.283. The molecule has 0 fully saturated rings. The molecule has 1 atom stereocenters. The first kappa shape index (κ1) is 22.6. The van der Waals surface area contributed by atoms with E-state index in [2.05, 4.69) is 45.2 Å². The number of allylic oxidation sites excluding steroid dienone is 2. The predicted octanol–water partition coefficient (Wildman–Crippen LogP) is 6.48. The van der Waals surface area contributed by atoms with E-state index in [1.807, 2.05) is 39.3 Å². The SMILES string of the molecule is C=C(NC1CCCC2=C1C=CCC2)c1cnc2c(-c3cc(C)cc(Cl)c3)cnnc2c1N(C)C. The summed E-state index contributed by atoms with van der Waals surface area (Å²) < 4.78 is 0. The predicted molar refractivity (Wildman–Crippen MR) is 142 cm³/mol. The van der Waals surface area contributed by atoms with Crippen LogP contribution in [-0.2, 0) is 0 Å². The smallest absolute Gasteiger partial charge is 0.136 e. The highest BCUT2D eigenvalue weighted by Gasteiger charge is 2.25. The van der Waals surface area contributed by atoms with Crippen LogP contribution < -0.4 is 10.2 Å². The molecule has 2 aliphatic carbocycles. The van der Waals surface area contributed by atoms with E-state index < -0.39 is 0 Å². The van der Waals surface area contributed by atoms with Crippen LogP contribution in [0, 0.1) is 6.92 Å². The van der Waals surface area contributed by atoms with Crippen LogP contribution in [0.3, 0.4) is 0 Å². The molecule has 0 amide bonds. The second-order valence-electron chi connectivity index (χ2n) is 9.46. The van der Waals surface area contributed by atoms with Gasteiger partial charge in [0.1, 0.15) is 11.0 Å². The van der Waals surface area contributed by atoms with Gasteiger partial charge in [0.05, 0.1) is 17.9 Å². The zero-order valence-electron chi connectivity index (χ0n) is 20.0. The highest BCUT2D eigenvalue weighted by molar-refractivity contribution is 6.31. The summed E-state index contributed by atoms with van der Waals surface area (Å²) in [6.07, 6.45) is 14.1. The standard InChI is InChI=1S/C28H30ClN5/c1-17-12-20(14-21(29)13-17)24-16-31-33-27-26(24)30-15-23(28(27)34(3)4)18(2)32-25-11-7-9-19-8-5-6-10-22(19)25/h6,10,12-16,25,32H,2,5,7-9,11H2,1,3-4H3. The third-order valence-electron chi connectivity index (χ3n) is 6.77. The van der Waals surface area contributed by atoms with Gasteiger partial charge in [0.2, 0.25) is 0 Å². The Morgan fingerprint density at radius 1 is 1.15 bits per heavy atom. The Bertz CT molecular complexity index is 1320. The molecule has 3 aromatic rings. The van der Waals surface area contributed by atoms with E-state index in [9.17, 15) is 0 Å². The summed E-state index contributed by atoms with van der Waals surface area (Å²) in [5.41, 5.74) is 10.3. The Morgan fingerprint density at radius 2 is 2.00 bits per heavy atom. The number of anilines is 1. The molecule has 6 heteroatoms. The third kappa shape index (κ3) is 4.21. The van der Waals surface area contributed by atoms with Gasteiger partial charge in [0.25, 0.3) is 0 Å². The zero-order valence-corrected chi connectivity index (χ0v) is 20.8. The van der Waals surface area contributed by atoms with Gasteiger partial charge in [-0.15, -0.1) is 5.10 Å². The molecule has 5 rings (SSSR count). The fraction of sp³-hybridized carbons (Fsp3) is 0.321. The van der Waals surface area contributed by atoms with Gasteiger partial charge in [0, 0.05) is 42.1 Å². The molecule has 1 unspecified atom stereocenters. The lowest BCUT2D eigenvalue weighted by Gasteiger charge is -2.32. The van der Waals surface area contributed by atoms with E-state index in [0.29, 0.717) is 5.02 Å². The van der Waals surface area contributed by atoms with Crippen molar-refractivity contribution in [2.75, 3.05) is 19.0 Å². The maximum Gasteiger partial charge on any atom is 0.136 e. The van der Waals surface area contributed by atoms with Crippen LogP contribution >= 0.6 is 11.6 Å². The number of pyridine rings is 1. The van der Waals surface area contributed by atoms with Gasteiger partial charge in [-0.3, -0.25) is 4.98 Å². The highest BCUT2D eigenvalue weighted by Crippen LogP contribution is 2.37. The first-order valence-corrected chi connectivity index (χ1v) is 12.2. The van der Waals surface area contributed by atoms with Crippen LogP contribution in [0.25, 0.3) is 27.9 Å². The zero-order chi connectivity index (χ0) is 23.8. The number of fused-ring (bicyclic) bond motifs is 1. The molecule has 0 saturated carbocycles. The van der Waals surface area contributed by atoms with Gasteiger partial charge in [-0.2, -0.15) is 5.10 Å². The van der Waals surface area contributed by atoms with Gasteiger partial charge >= 0.3 is 0 Å². The molecular weight excluding hydrogens is 442 g/mol. The van der Waals surface area contributed by atoms with Crippen molar-refractivity contribution in [1.29, 1.82) is 0 Å². The minimum absolute atomic E-state index is 0.283. The first-order valence-electron chi connectivity index (χ1n) is 11.9. The summed E-state index contributed by atoms with van der Waals surface area (Å²) in [6, 6.07) is 6.27. The molecule has 0 spiro atoms. The van der Waals surface area contributed by atoms with E-state index in [-0.39, 0.29) is 6.04 Å². The Morgan fingerprint density at radius 3 is 2.79 bits per heavy atom. The molecule has 2 heterocycles. The van der Waals surface area contributed by atoms with Gasteiger partial charge in [-0.1, -0.05) is 42.0 Å². The van der Waals surface area contributed by atoms with E-state index in [0.717, 1.165) is 57.5 Å². The molecule has 0 aliphatic heterocycles. The van der Waals surface area contributed by atoms with E-state index in [4.69, 9.17) is 16.6 Å². The van der Waals surface area contributed by atoms with Crippen molar-refractivity contribution in [3.8, 4) is 11.1 Å². The summed E-state index contributed by atoms with van der Waals surface area (Å²) in [6.45, 7) is 6.45. The van der Waals surface area contributed by atoms with Gasteiger partial charge in [0.15, 0.2) is 0 Å². The lowest BCUT2D eigenvalue weighted by Crippen LogP contribution is -2.33. The maximum absolute atomic E-state index is 6.35. The second kappa shape index (κ2) is 9.22. The molecule has 1 aromatic carbocycles. The van der Waals surface area contributed by atoms with Crippen molar-refractivity contribution >= 4 is 34.0 Å². The monoisotopic (exact) mass is 471 g/mol. The van der Waals surface area contributed by atoms with Gasteiger partial charge in [-0.25, -0.2) is 0 Å². The summed E-state index contributed by atoms with van der Waals surface area (Å²) in [4.78, 5) is 6.93. The van der Waals surface area contributed by atoms with Crippen LogP contribution in [0.2, 0.25) is 5.02 Å². The van der Waals surface area contributed by atoms with Crippen LogP contribution in [0.15, 0.2) is 60.5 Å². The molecule has 1 N–H and O–H groups in total.